The molecule has 0 aromatic rings. The van der Waals surface area contributed by atoms with Crippen LogP contribution in [0.2, 0.25) is 0 Å². The third-order valence-electron chi connectivity index (χ3n) is 4.73. The first-order valence-corrected chi connectivity index (χ1v) is 7.68. The zero-order chi connectivity index (χ0) is 11.7. The van der Waals surface area contributed by atoms with Crippen LogP contribution >= 0.6 is 12.1 Å². The zero-order valence-electron chi connectivity index (χ0n) is 10.5. The average molecular weight is 256 g/mol. The standard InChI is InChI=1S/C12H24N4S/c13-17-16-5-2-12(3-6-16)9-15(10-12)8-11-1-4-14-7-11/h11,14H,1-10,13H2. The number of hydrogen-bond acceptors (Lipinski definition) is 5. The number of rotatable bonds is 3. The third-order valence-corrected chi connectivity index (χ3v) is 5.39. The molecule has 3 heterocycles. The van der Waals surface area contributed by atoms with Crippen LogP contribution in [0.1, 0.15) is 19.3 Å². The van der Waals surface area contributed by atoms with Crippen LogP contribution in [0, 0.1) is 11.3 Å². The van der Waals surface area contributed by atoms with Crippen molar-refractivity contribution in [1.29, 1.82) is 0 Å². The predicted octanol–water partition coefficient (Wildman–Crippen LogP) is 0.516. The molecule has 3 N–H and O–H groups in total. The summed E-state index contributed by atoms with van der Waals surface area (Å²) in [5.74, 6) is 0.909. The van der Waals surface area contributed by atoms with Crippen LogP contribution in [0.15, 0.2) is 0 Å². The highest BCUT2D eigenvalue weighted by Crippen LogP contribution is 2.41. The van der Waals surface area contributed by atoms with Gasteiger partial charge in [-0.1, -0.05) is 0 Å². The van der Waals surface area contributed by atoms with Gasteiger partial charge in [-0.2, -0.15) is 0 Å². The van der Waals surface area contributed by atoms with Gasteiger partial charge in [0.2, 0.25) is 0 Å². The van der Waals surface area contributed by atoms with E-state index < -0.39 is 0 Å². The Morgan fingerprint density at radius 2 is 2.06 bits per heavy atom. The minimum Gasteiger partial charge on any atom is -0.316 e. The van der Waals surface area contributed by atoms with Gasteiger partial charge in [-0.25, -0.2) is 4.31 Å². The number of nitrogens with zero attached hydrogens (tertiary/aromatic N) is 2. The molecule has 98 valence electrons. The summed E-state index contributed by atoms with van der Waals surface area (Å²) in [5.41, 5.74) is 0.651. The lowest BCUT2D eigenvalue weighted by Gasteiger charge is -2.54. The molecule has 1 atom stereocenters. The Morgan fingerprint density at radius 3 is 2.65 bits per heavy atom. The van der Waals surface area contributed by atoms with E-state index in [-0.39, 0.29) is 0 Å². The van der Waals surface area contributed by atoms with E-state index in [2.05, 4.69) is 14.5 Å². The van der Waals surface area contributed by atoms with Crippen molar-refractivity contribution < 1.29 is 0 Å². The number of hydrogen-bond donors (Lipinski definition) is 2. The molecule has 3 aliphatic heterocycles. The highest BCUT2D eigenvalue weighted by atomic mass is 32.2. The van der Waals surface area contributed by atoms with Gasteiger partial charge in [-0.15, -0.1) is 0 Å². The lowest BCUT2D eigenvalue weighted by molar-refractivity contribution is -0.0397. The molecule has 1 unspecified atom stereocenters. The molecule has 0 amide bonds. The van der Waals surface area contributed by atoms with Crippen LogP contribution < -0.4 is 10.5 Å². The van der Waals surface area contributed by atoms with Crippen LogP contribution in [0.4, 0.5) is 0 Å². The fourth-order valence-electron chi connectivity index (χ4n) is 3.65. The summed E-state index contributed by atoms with van der Waals surface area (Å²) in [6.07, 6.45) is 4.06. The Balaban J connectivity index is 1.41. The van der Waals surface area contributed by atoms with E-state index in [0.29, 0.717) is 5.41 Å². The maximum atomic E-state index is 5.61. The smallest absolute Gasteiger partial charge is 0.0107 e. The molecule has 3 fully saturated rings. The summed E-state index contributed by atoms with van der Waals surface area (Å²) in [6.45, 7) is 8.83. The van der Waals surface area contributed by atoms with Gasteiger partial charge >= 0.3 is 0 Å². The van der Waals surface area contributed by atoms with Crippen molar-refractivity contribution in [3.05, 3.63) is 0 Å². The summed E-state index contributed by atoms with van der Waals surface area (Å²) >= 11 is 1.42. The van der Waals surface area contributed by atoms with Gasteiger partial charge in [0.15, 0.2) is 0 Å². The van der Waals surface area contributed by atoms with Crippen molar-refractivity contribution in [2.45, 2.75) is 19.3 Å². The second kappa shape index (κ2) is 5.05. The van der Waals surface area contributed by atoms with Gasteiger partial charge < -0.3 is 10.2 Å². The normalized spacial score (nSPS) is 34.1. The molecule has 0 bridgehead atoms. The molecule has 0 aliphatic carbocycles. The molecule has 4 nitrogen and oxygen atoms in total. The van der Waals surface area contributed by atoms with Crippen molar-refractivity contribution in [1.82, 2.24) is 14.5 Å². The second-order valence-corrected chi connectivity index (χ2v) is 6.79. The maximum absolute atomic E-state index is 5.61. The molecule has 3 saturated heterocycles. The monoisotopic (exact) mass is 256 g/mol. The molecule has 5 heteroatoms. The van der Waals surface area contributed by atoms with E-state index >= 15 is 0 Å². The minimum absolute atomic E-state index is 0.651. The van der Waals surface area contributed by atoms with Gasteiger partial charge in [-0.3, -0.25) is 5.14 Å². The van der Waals surface area contributed by atoms with Gasteiger partial charge in [0, 0.05) is 44.9 Å². The maximum Gasteiger partial charge on any atom is 0.0107 e. The summed E-state index contributed by atoms with van der Waals surface area (Å²) in [7, 11) is 0. The van der Waals surface area contributed by atoms with E-state index in [0.717, 1.165) is 5.92 Å². The Morgan fingerprint density at radius 1 is 1.29 bits per heavy atom. The Hall–Kier alpha value is 0.190. The summed E-state index contributed by atoms with van der Waals surface area (Å²) in [4.78, 5) is 2.67. The minimum atomic E-state index is 0.651. The van der Waals surface area contributed by atoms with Crippen LogP contribution in [-0.2, 0) is 0 Å². The zero-order valence-corrected chi connectivity index (χ0v) is 11.3. The van der Waals surface area contributed by atoms with Crippen LogP contribution in [0.25, 0.3) is 0 Å². The van der Waals surface area contributed by atoms with Gasteiger partial charge in [-0.05, 0) is 43.7 Å². The fraction of sp³-hybridized carbons (Fsp3) is 1.00. The van der Waals surface area contributed by atoms with E-state index in [1.54, 1.807) is 0 Å². The van der Waals surface area contributed by atoms with E-state index in [1.807, 2.05) is 0 Å². The first-order chi connectivity index (χ1) is 8.30. The quantitative estimate of drug-likeness (QED) is 0.721. The Kier molecular flexibility index (Phi) is 3.64. The molecular formula is C12H24N4S. The molecule has 3 aliphatic rings. The molecule has 17 heavy (non-hydrogen) atoms. The molecule has 0 aromatic carbocycles. The first kappa shape index (κ1) is 12.2. The largest absolute Gasteiger partial charge is 0.316 e. The lowest BCUT2D eigenvalue weighted by atomic mass is 9.72. The Bertz CT molecular complexity index is 251. The van der Waals surface area contributed by atoms with Gasteiger partial charge in [0.1, 0.15) is 0 Å². The highest BCUT2D eigenvalue weighted by molar-refractivity contribution is 7.94. The summed E-state index contributed by atoms with van der Waals surface area (Å²) < 4.78 is 2.30. The van der Waals surface area contributed by atoms with Crippen LogP contribution in [0.3, 0.4) is 0 Å². The first-order valence-electron chi connectivity index (χ1n) is 6.85. The van der Waals surface area contributed by atoms with Crippen molar-refractivity contribution >= 4 is 12.1 Å². The Labute approximate surface area is 109 Å². The molecule has 0 saturated carbocycles. The molecular weight excluding hydrogens is 232 g/mol. The van der Waals surface area contributed by atoms with Crippen molar-refractivity contribution in [2.24, 2.45) is 16.5 Å². The fourth-order valence-corrected chi connectivity index (χ4v) is 4.04. The van der Waals surface area contributed by atoms with Crippen LogP contribution in [0.5, 0.6) is 0 Å². The SMILES string of the molecule is NSN1CCC2(CC1)CN(CC1CCNC1)C2. The van der Waals surface area contributed by atoms with Crippen molar-refractivity contribution in [3.8, 4) is 0 Å². The van der Waals surface area contributed by atoms with Crippen LogP contribution in [-0.4, -0.2) is 55.0 Å². The number of nitrogens with one attached hydrogen (secondary N) is 1. The lowest BCUT2D eigenvalue weighted by Crippen LogP contribution is -2.60. The van der Waals surface area contributed by atoms with Crippen molar-refractivity contribution in [2.75, 3.05) is 45.8 Å². The molecule has 0 aromatic heterocycles. The predicted molar refractivity (Wildman–Crippen MR) is 72.4 cm³/mol. The third kappa shape index (κ3) is 2.63. The molecule has 3 rings (SSSR count). The number of piperidine rings is 1. The van der Waals surface area contributed by atoms with E-state index in [4.69, 9.17) is 5.14 Å². The van der Waals surface area contributed by atoms with E-state index in [1.165, 1.54) is 77.2 Å². The topological polar surface area (TPSA) is 44.5 Å². The molecule has 0 radical (unpaired) electrons. The van der Waals surface area contributed by atoms with Crippen molar-refractivity contribution in [3.63, 3.8) is 0 Å². The van der Waals surface area contributed by atoms with E-state index in [9.17, 15) is 0 Å². The second-order valence-electron chi connectivity index (χ2n) is 6.06. The van der Waals surface area contributed by atoms with Gasteiger partial charge in [0.05, 0.1) is 0 Å². The molecule has 1 spiro atoms. The average Bonchev–Trinajstić information content (AvgIpc) is 2.81. The summed E-state index contributed by atoms with van der Waals surface area (Å²) in [5, 5.41) is 9.07. The number of nitrogens with two attached hydrogens (primary N) is 1. The van der Waals surface area contributed by atoms with Gasteiger partial charge in [0.25, 0.3) is 0 Å². The summed E-state index contributed by atoms with van der Waals surface area (Å²) in [6, 6.07) is 0. The highest BCUT2D eigenvalue weighted by Gasteiger charge is 2.45. The number of likely N-dealkylation sites (tertiary alicyclic amines) is 1.